The molecule has 0 bridgehead atoms. The summed E-state index contributed by atoms with van der Waals surface area (Å²) in [6.45, 7) is 0.819. The molecule has 0 amide bonds. The number of ether oxygens (including phenoxy) is 1. The van der Waals surface area contributed by atoms with Crippen molar-refractivity contribution in [1.82, 2.24) is 0 Å². The zero-order chi connectivity index (χ0) is 13.0. The maximum Gasteiger partial charge on any atom is 0.137 e. The first kappa shape index (κ1) is 13.1. The lowest BCUT2D eigenvalue weighted by Crippen LogP contribution is -2.02. The van der Waals surface area contributed by atoms with Crippen LogP contribution in [0.25, 0.3) is 0 Å². The molecule has 0 radical (unpaired) electrons. The van der Waals surface area contributed by atoms with Crippen LogP contribution in [0.15, 0.2) is 46.9 Å². The smallest absolute Gasteiger partial charge is 0.137 e. The van der Waals surface area contributed by atoms with Crippen LogP contribution in [0.2, 0.25) is 0 Å². The molecule has 94 valence electrons. The third-order valence-electron chi connectivity index (χ3n) is 2.57. The first-order valence-electron chi connectivity index (χ1n) is 5.55. The molecule has 4 heteroatoms. The Morgan fingerprint density at radius 3 is 2.67 bits per heavy atom. The summed E-state index contributed by atoms with van der Waals surface area (Å²) in [4.78, 5) is 0. The Morgan fingerprint density at radius 1 is 1.17 bits per heavy atom. The van der Waals surface area contributed by atoms with Crippen LogP contribution in [-0.2, 0) is 13.2 Å². The highest BCUT2D eigenvalue weighted by Gasteiger charge is 2.03. The van der Waals surface area contributed by atoms with Gasteiger partial charge in [0.2, 0.25) is 0 Å². The van der Waals surface area contributed by atoms with E-state index in [1.807, 2.05) is 24.3 Å². The largest absolute Gasteiger partial charge is 0.489 e. The molecule has 2 aromatic carbocycles. The van der Waals surface area contributed by atoms with E-state index in [0.717, 1.165) is 16.9 Å². The van der Waals surface area contributed by atoms with Crippen molar-refractivity contribution in [2.75, 3.05) is 0 Å². The van der Waals surface area contributed by atoms with E-state index in [1.165, 1.54) is 6.07 Å². The summed E-state index contributed by atoms with van der Waals surface area (Å²) in [6, 6.07) is 12.4. The molecule has 18 heavy (non-hydrogen) atoms. The van der Waals surface area contributed by atoms with Gasteiger partial charge in [-0.2, -0.15) is 0 Å². The van der Waals surface area contributed by atoms with Crippen LogP contribution in [0.1, 0.15) is 11.1 Å². The van der Waals surface area contributed by atoms with E-state index in [1.54, 1.807) is 12.1 Å². The van der Waals surface area contributed by atoms with Gasteiger partial charge in [-0.1, -0.05) is 24.3 Å². The van der Waals surface area contributed by atoms with E-state index in [9.17, 15) is 4.39 Å². The molecule has 0 aromatic heterocycles. The Hall–Kier alpha value is -1.39. The van der Waals surface area contributed by atoms with Crippen molar-refractivity contribution in [2.24, 2.45) is 5.73 Å². The summed E-state index contributed by atoms with van der Waals surface area (Å²) in [6.07, 6.45) is 0. The van der Waals surface area contributed by atoms with E-state index in [2.05, 4.69) is 15.9 Å². The Labute approximate surface area is 114 Å². The summed E-state index contributed by atoms with van der Waals surface area (Å²) in [5.41, 5.74) is 7.48. The van der Waals surface area contributed by atoms with Gasteiger partial charge in [-0.05, 0) is 39.7 Å². The second kappa shape index (κ2) is 5.98. The van der Waals surface area contributed by atoms with Gasteiger partial charge < -0.3 is 10.5 Å². The summed E-state index contributed by atoms with van der Waals surface area (Å²) in [7, 11) is 0. The summed E-state index contributed by atoms with van der Waals surface area (Å²) < 4.78 is 19.2. The van der Waals surface area contributed by atoms with Gasteiger partial charge >= 0.3 is 0 Å². The van der Waals surface area contributed by atoms with E-state index in [-0.39, 0.29) is 5.82 Å². The standard InChI is InChI=1S/C14H13BrFNO/c15-12-7-10(5-6-13(12)16)9-18-14-4-2-1-3-11(14)8-17/h1-7H,8-9,17H2. The lowest BCUT2D eigenvalue weighted by molar-refractivity contribution is 0.303. The summed E-state index contributed by atoms with van der Waals surface area (Å²) >= 11 is 3.15. The van der Waals surface area contributed by atoms with Gasteiger partial charge in [-0.25, -0.2) is 4.39 Å². The monoisotopic (exact) mass is 309 g/mol. The van der Waals surface area contributed by atoms with Gasteiger partial charge in [0.25, 0.3) is 0 Å². The molecule has 0 aliphatic carbocycles. The molecule has 0 heterocycles. The average Bonchev–Trinajstić information content (AvgIpc) is 2.40. The highest BCUT2D eigenvalue weighted by Crippen LogP contribution is 2.21. The Kier molecular flexibility index (Phi) is 4.33. The number of nitrogens with two attached hydrogens (primary N) is 1. The Morgan fingerprint density at radius 2 is 1.94 bits per heavy atom. The van der Waals surface area contributed by atoms with Gasteiger partial charge in [-0.15, -0.1) is 0 Å². The SMILES string of the molecule is NCc1ccccc1OCc1ccc(F)c(Br)c1. The summed E-state index contributed by atoms with van der Waals surface area (Å²) in [5.74, 6) is 0.488. The fourth-order valence-corrected chi connectivity index (χ4v) is 2.03. The first-order valence-corrected chi connectivity index (χ1v) is 6.34. The number of rotatable bonds is 4. The van der Waals surface area contributed by atoms with Gasteiger partial charge in [0.05, 0.1) is 4.47 Å². The van der Waals surface area contributed by atoms with Crippen LogP contribution in [-0.4, -0.2) is 0 Å². The van der Waals surface area contributed by atoms with Crippen LogP contribution in [0, 0.1) is 5.82 Å². The summed E-state index contributed by atoms with van der Waals surface area (Å²) in [5, 5.41) is 0. The maximum atomic E-state index is 13.1. The zero-order valence-electron chi connectivity index (χ0n) is 9.70. The third kappa shape index (κ3) is 3.09. The third-order valence-corrected chi connectivity index (χ3v) is 3.18. The zero-order valence-corrected chi connectivity index (χ0v) is 11.3. The van der Waals surface area contributed by atoms with E-state index < -0.39 is 0 Å². The normalized spacial score (nSPS) is 10.4. The predicted octanol–water partition coefficient (Wildman–Crippen LogP) is 3.63. The average molecular weight is 310 g/mol. The fourth-order valence-electron chi connectivity index (χ4n) is 1.60. The molecule has 2 N–H and O–H groups in total. The molecule has 0 atom stereocenters. The minimum atomic E-state index is -0.277. The van der Waals surface area contributed by atoms with Crippen molar-refractivity contribution < 1.29 is 9.13 Å². The number of benzene rings is 2. The Balaban J connectivity index is 2.09. The van der Waals surface area contributed by atoms with Gasteiger partial charge in [0.1, 0.15) is 18.2 Å². The van der Waals surface area contributed by atoms with Gasteiger partial charge in [0, 0.05) is 12.1 Å². The fraction of sp³-hybridized carbons (Fsp3) is 0.143. The lowest BCUT2D eigenvalue weighted by atomic mass is 10.2. The molecule has 0 saturated carbocycles. The number of para-hydroxylation sites is 1. The van der Waals surface area contributed by atoms with Crippen molar-refractivity contribution in [3.63, 3.8) is 0 Å². The molecule has 2 aromatic rings. The molecule has 0 unspecified atom stereocenters. The predicted molar refractivity (Wildman–Crippen MR) is 72.8 cm³/mol. The Bertz CT molecular complexity index is 545. The highest BCUT2D eigenvalue weighted by atomic mass is 79.9. The molecular formula is C14H13BrFNO. The quantitative estimate of drug-likeness (QED) is 0.936. The van der Waals surface area contributed by atoms with Crippen LogP contribution in [0.3, 0.4) is 0 Å². The van der Waals surface area contributed by atoms with Crippen LogP contribution in [0.5, 0.6) is 5.75 Å². The van der Waals surface area contributed by atoms with Crippen molar-refractivity contribution in [1.29, 1.82) is 0 Å². The molecular weight excluding hydrogens is 297 g/mol. The number of hydrogen-bond donors (Lipinski definition) is 1. The second-order valence-corrected chi connectivity index (χ2v) is 4.70. The van der Waals surface area contributed by atoms with Crippen LogP contribution < -0.4 is 10.5 Å². The number of hydrogen-bond acceptors (Lipinski definition) is 2. The molecule has 0 saturated heterocycles. The van der Waals surface area contributed by atoms with E-state index >= 15 is 0 Å². The molecule has 2 nitrogen and oxygen atoms in total. The van der Waals surface area contributed by atoms with E-state index in [4.69, 9.17) is 10.5 Å². The topological polar surface area (TPSA) is 35.2 Å². The van der Waals surface area contributed by atoms with Gasteiger partial charge in [0.15, 0.2) is 0 Å². The minimum absolute atomic E-state index is 0.277. The highest BCUT2D eigenvalue weighted by molar-refractivity contribution is 9.10. The maximum absolute atomic E-state index is 13.1. The van der Waals surface area contributed by atoms with Crippen LogP contribution >= 0.6 is 15.9 Å². The van der Waals surface area contributed by atoms with Crippen molar-refractivity contribution in [3.8, 4) is 5.75 Å². The second-order valence-electron chi connectivity index (χ2n) is 3.85. The van der Waals surface area contributed by atoms with Crippen molar-refractivity contribution in [2.45, 2.75) is 13.2 Å². The lowest BCUT2D eigenvalue weighted by Gasteiger charge is -2.10. The van der Waals surface area contributed by atoms with Gasteiger partial charge in [-0.3, -0.25) is 0 Å². The molecule has 2 rings (SSSR count). The van der Waals surface area contributed by atoms with E-state index in [0.29, 0.717) is 17.6 Å². The van der Waals surface area contributed by atoms with Crippen LogP contribution in [0.4, 0.5) is 4.39 Å². The molecule has 0 aliphatic heterocycles. The molecule has 0 aliphatic rings. The molecule has 0 fully saturated rings. The number of halogens is 2. The molecule has 0 spiro atoms. The minimum Gasteiger partial charge on any atom is -0.489 e. The van der Waals surface area contributed by atoms with Crippen molar-refractivity contribution in [3.05, 3.63) is 63.9 Å². The first-order chi connectivity index (χ1) is 8.70. The van der Waals surface area contributed by atoms with Crippen molar-refractivity contribution >= 4 is 15.9 Å².